The van der Waals surface area contributed by atoms with Gasteiger partial charge in [0.15, 0.2) is 5.82 Å². The van der Waals surface area contributed by atoms with Crippen molar-refractivity contribution in [2.24, 2.45) is 0 Å². The zero-order valence-electron chi connectivity index (χ0n) is 22.8. The highest BCUT2D eigenvalue weighted by atomic mass is 19.3. The molecule has 0 aliphatic carbocycles. The summed E-state index contributed by atoms with van der Waals surface area (Å²) in [4.78, 5) is 15.0. The molecule has 13 heteroatoms. The molecule has 0 spiro atoms. The first kappa shape index (κ1) is 28.7. The molecule has 2 aromatic heterocycles. The van der Waals surface area contributed by atoms with Crippen LogP contribution in [-0.4, -0.2) is 75.1 Å². The van der Waals surface area contributed by atoms with Crippen molar-refractivity contribution < 1.29 is 37.2 Å². The van der Waals surface area contributed by atoms with Gasteiger partial charge < -0.3 is 25.0 Å². The fourth-order valence-electron chi connectivity index (χ4n) is 6.25. The Bertz CT molecular complexity index is 1750. The van der Waals surface area contributed by atoms with Crippen molar-refractivity contribution in [1.82, 2.24) is 19.9 Å². The molecule has 43 heavy (non-hydrogen) atoms. The Balaban J connectivity index is 1.58. The number of pyridine rings is 1. The lowest BCUT2D eigenvalue weighted by Crippen LogP contribution is -2.43. The second kappa shape index (κ2) is 11.3. The summed E-state index contributed by atoms with van der Waals surface area (Å²) in [7, 11) is 0. The van der Waals surface area contributed by atoms with E-state index < -0.39 is 35.3 Å². The van der Waals surface area contributed by atoms with E-state index in [1.54, 1.807) is 0 Å². The van der Waals surface area contributed by atoms with Gasteiger partial charge in [-0.25, -0.2) is 13.8 Å². The smallest absolute Gasteiger partial charge is 0.388 e. The number of hydrogen-bond donors (Lipinski definition) is 3. The number of nitrogens with one attached hydrogen (secondary N) is 1. The van der Waals surface area contributed by atoms with Gasteiger partial charge in [0.2, 0.25) is 5.88 Å². The number of hydrogen-bond acceptors (Lipinski definition) is 9. The first-order valence-corrected chi connectivity index (χ1v) is 13.8. The number of ether oxygens (including phenoxy) is 2. The molecule has 0 atom stereocenters. The minimum Gasteiger partial charge on any atom is -0.508 e. The molecule has 224 valence electrons. The number of alkyl halides is 2. The van der Waals surface area contributed by atoms with Crippen LogP contribution >= 0.6 is 0 Å². The number of nitrogens with zero attached hydrogens (tertiary/aromatic N) is 4. The van der Waals surface area contributed by atoms with Gasteiger partial charge in [-0.1, -0.05) is 12.0 Å². The van der Waals surface area contributed by atoms with E-state index in [0.717, 1.165) is 50.9 Å². The molecule has 2 saturated heterocycles. The number of halogens is 4. The lowest BCUT2D eigenvalue weighted by atomic mass is 9.95. The van der Waals surface area contributed by atoms with E-state index in [9.17, 15) is 23.4 Å². The highest BCUT2D eigenvalue weighted by Crippen LogP contribution is 2.42. The third kappa shape index (κ3) is 5.10. The number of fused-ring (bicyclic) bond motifs is 3. The van der Waals surface area contributed by atoms with E-state index in [1.807, 2.05) is 0 Å². The topological polar surface area (TPSA) is 113 Å². The number of aliphatic hydroxyl groups is 1. The van der Waals surface area contributed by atoms with Gasteiger partial charge in [-0.05, 0) is 62.4 Å². The highest BCUT2D eigenvalue weighted by molar-refractivity contribution is 6.04. The number of aliphatic hydroxyl groups excluding tert-OH is 1. The standard InChI is InChI=1S/C30H27F4N5O4/c1-2-18-20(31)6-5-16-13-17(41)14-19(21(16)18)24-23(32)25-22(27(36-24)43-28(33)34)26(35-9-12-40)38-29(37-25)42-15-30-7-3-10-39(30)11-4-8-30/h1,5-6,13-14,28,40-41H,3-4,7-12,15H2,(H,35,37,38). The molecule has 0 bridgehead atoms. The van der Waals surface area contributed by atoms with Crippen LogP contribution in [0.2, 0.25) is 0 Å². The van der Waals surface area contributed by atoms with Crippen LogP contribution in [0.5, 0.6) is 17.6 Å². The highest BCUT2D eigenvalue weighted by Gasteiger charge is 2.45. The third-order valence-electron chi connectivity index (χ3n) is 8.07. The van der Waals surface area contributed by atoms with Crippen LogP contribution in [-0.2, 0) is 0 Å². The van der Waals surface area contributed by atoms with Crippen LogP contribution in [0.4, 0.5) is 23.4 Å². The molecule has 3 N–H and O–H groups in total. The minimum absolute atomic E-state index is 0.0277. The second-order valence-corrected chi connectivity index (χ2v) is 10.6. The molecule has 0 unspecified atom stereocenters. The summed E-state index contributed by atoms with van der Waals surface area (Å²) < 4.78 is 69.3. The number of terminal acetylenes is 1. The molecule has 2 aliphatic rings. The SMILES string of the molecule is C#Cc1c(F)ccc2cc(O)cc(-c3nc(OC(F)F)c4c(NCCO)nc(OCC56CCCN5CCC6)nc4c3F)c12. The zero-order chi connectivity index (χ0) is 30.3. The van der Waals surface area contributed by atoms with E-state index in [-0.39, 0.29) is 70.2 Å². The number of anilines is 1. The quantitative estimate of drug-likeness (QED) is 0.185. The summed E-state index contributed by atoms with van der Waals surface area (Å²) in [6.45, 7) is -1.66. The number of aromatic hydroxyl groups is 1. The Morgan fingerprint density at radius 1 is 1.09 bits per heavy atom. The first-order valence-electron chi connectivity index (χ1n) is 13.8. The Labute approximate surface area is 243 Å². The summed E-state index contributed by atoms with van der Waals surface area (Å²) >= 11 is 0. The Morgan fingerprint density at radius 2 is 1.86 bits per heavy atom. The third-order valence-corrected chi connectivity index (χ3v) is 8.07. The van der Waals surface area contributed by atoms with Gasteiger partial charge in [-0.2, -0.15) is 18.7 Å². The Morgan fingerprint density at radius 3 is 2.56 bits per heavy atom. The van der Waals surface area contributed by atoms with Crippen molar-refractivity contribution in [3.05, 3.63) is 41.5 Å². The van der Waals surface area contributed by atoms with Crippen LogP contribution < -0.4 is 14.8 Å². The molecule has 2 aliphatic heterocycles. The average molecular weight is 598 g/mol. The van der Waals surface area contributed by atoms with Crippen molar-refractivity contribution in [3.63, 3.8) is 0 Å². The monoisotopic (exact) mass is 597 g/mol. The maximum absolute atomic E-state index is 16.5. The molecule has 2 aromatic carbocycles. The number of phenolic OH excluding ortho intramolecular Hbond substituents is 1. The Kier molecular flexibility index (Phi) is 7.57. The lowest BCUT2D eigenvalue weighted by Gasteiger charge is -2.31. The predicted octanol–water partition coefficient (Wildman–Crippen LogP) is 4.82. The number of aromatic nitrogens is 3. The summed E-state index contributed by atoms with van der Waals surface area (Å²) in [5.41, 5.74) is -1.65. The number of benzene rings is 2. The van der Waals surface area contributed by atoms with E-state index in [0.29, 0.717) is 0 Å². The Hall–Kier alpha value is -4.41. The zero-order valence-corrected chi connectivity index (χ0v) is 22.8. The van der Waals surface area contributed by atoms with Gasteiger partial charge in [0.1, 0.15) is 40.6 Å². The molecule has 6 rings (SSSR count). The molecule has 0 amide bonds. The van der Waals surface area contributed by atoms with E-state index in [4.69, 9.17) is 15.9 Å². The molecule has 4 heterocycles. The van der Waals surface area contributed by atoms with Crippen molar-refractivity contribution in [2.45, 2.75) is 37.8 Å². The van der Waals surface area contributed by atoms with Crippen molar-refractivity contribution in [2.75, 3.05) is 38.2 Å². The number of phenols is 1. The summed E-state index contributed by atoms with van der Waals surface area (Å²) in [5, 5.41) is 22.6. The van der Waals surface area contributed by atoms with Gasteiger partial charge >= 0.3 is 12.6 Å². The van der Waals surface area contributed by atoms with Crippen LogP contribution in [0.25, 0.3) is 32.9 Å². The first-order chi connectivity index (χ1) is 20.7. The second-order valence-electron chi connectivity index (χ2n) is 10.6. The van der Waals surface area contributed by atoms with Crippen molar-refractivity contribution in [1.29, 1.82) is 0 Å². The molecule has 0 saturated carbocycles. The van der Waals surface area contributed by atoms with Crippen LogP contribution in [0.15, 0.2) is 24.3 Å². The average Bonchev–Trinajstić information content (AvgIpc) is 3.56. The fraction of sp³-hybridized carbons (Fsp3) is 0.367. The summed E-state index contributed by atoms with van der Waals surface area (Å²) in [6, 6.07) is 4.61. The van der Waals surface area contributed by atoms with Gasteiger partial charge in [0, 0.05) is 17.5 Å². The van der Waals surface area contributed by atoms with Gasteiger partial charge in [0.25, 0.3) is 0 Å². The van der Waals surface area contributed by atoms with Gasteiger partial charge in [-0.15, -0.1) is 6.42 Å². The molecule has 4 aromatic rings. The normalized spacial score (nSPS) is 16.1. The molecule has 2 fully saturated rings. The molecule has 9 nitrogen and oxygen atoms in total. The molecular formula is C30H27F4N5O4. The van der Waals surface area contributed by atoms with E-state index in [1.165, 1.54) is 12.1 Å². The summed E-state index contributed by atoms with van der Waals surface area (Å²) in [5.74, 6) is -0.866. The maximum atomic E-state index is 16.5. The molecule has 0 radical (unpaired) electrons. The van der Waals surface area contributed by atoms with Crippen LogP contribution in [0.3, 0.4) is 0 Å². The van der Waals surface area contributed by atoms with Crippen molar-refractivity contribution >= 4 is 27.5 Å². The largest absolute Gasteiger partial charge is 0.508 e. The van der Waals surface area contributed by atoms with Crippen LogP contribution in [0.1, 0.15) is 31.2 Å². The van der Waals surface area contributed by atoms with Gasteiger partial charge in [-0.3, -0.25) is 4.90 Å². The number of rotatable bonds is 9. The van der Waals surface area contributed by atoms with E-state index >= 15 is 4.39 Å². The maximum Gasteiger partial charge on any atom is 0.388 e. The van der Waals surface area contributed by atoms with E-state index in [2.05, 4.69) is 31.1 Å². The summed E-state index contributed by atoms with van der Waals surface area (Å²) in [6.07, 6.45) is 9.44. The lowest BCUT2D eigenvalue weighted by molar-refractivity contribution is -0.0516. The minimum atomic E-state index is -3.37. The van der Waals surface area contributed by atoms with Gasteiger partial charge in [0.05, 0.1) is 17.7 Å². The molecular weight excluding hydrogens is 570 g/mol. The predicted molar refractivity (Wildman–Crippen MR) is 150 cm³/mol. The van der Waals surface area contributed by atoms with Crippen molar-refractivity contribution in [3.8, 4) is 41.2 Å². The van der Waals surface area contributed by atoms with Crippen LogP contribution in [0, 0.1) is 24.0 Å². The fourth-order valence-corrected chi connectivity index (χ4v) is 6.25.